The van der Waals surface area contributed by atoms with Crippen molar-refractivity contribution in [2.45, 2.75) is 106 Å². The summed E-state index contributed by atoms with van der Waals surface area (Å²) < 4.78 is 0. The van der Waals surface area contributed by atoms with E-state index in [2.05, 4.69) is 67.3 Å². The highest BCUT2D eigenvalue weighted by molar-refractivity contribution is 4.98. The molecule has 0 aromatic carbocycles. The largest absolute Gasteiger partial charge is 0.300 e. The summed E-state index contributed by atoms with van der Waals surface area (Å²) in [4.78, 5) is 2.78. The highest BCUT2D eigenvalue weighted by Gasteiger charge is 2.44. The summed E-state index contributed by atoms with van der Waals surface area (Å²) in [6, 6.07) is 1.52. The van der Waals surface area contributed by atoms with Crippen LogP contribution in [-0.4, -0.2) is 24.0 Å². The van der Waals surface area contributed by atoms with E-state index in [1.54, 1.807) is 0 Å². The zero-order valence-corrected chi connectivity index (χ0v) is 16.8. The Bertz CT molecular complexity index is 332. The molecule has 0 radical (unpaired) electrons. The van der Waals surface area contributed by atoms with E-state index < -0.39 is 0 Å². The lowest BCUT2D eigenvalue weighted by Gasteiger charge is -2.53. The summed E-state index contributed by atoms with van der Waals surface area (Å²) in [6.45, 7) is 19.8. The number of hydrogen-bond acceptors (Lipinski definition) is 1. The normalized spacial score (nSPS) is 31.4. The molecule has 1 heteroatoms. The predicted molar refractivity (Wildman–Crippen MR) is 98.2 cm³/mol. The van der Waals surface area contributed by atoms with Gasteiger partial charge in [0.25, 0.3) is 0 Å². The molecule has 2 fully saturated rings. The fourth-order valence-corrected chi connectivity index (χ4v) is 6.45. The maximum atomic E-state index is 2.78. The van der Waals surface area contributed by atoms with Crippen LogP contribution in [0.25, 0.3) is 0 Å². The van der Waals surface area contributed by atoms with Gasteiger partial charge in [0.1, 0.15) is 0 Å². The van der Waals surface area contributed by atoms with Crippen molar-refractivity contribution < 1.29 is 0 Å². The molecule has 0 amide bonds. The van der Waals surface area contributed by atoms with Crippen LogP contribution in [0.2, 0.25) is 0 Å². The standard InChI is InChI=1S/C21H41N/c1-18(2)10-16(11-19(3,4)14-18)22(9)17-12-20(5,6)15-21(7,8)13-17/h16-17H,10-15H2,1-9H3. The molecule has 0 aromatic heterocycles. The molecule has 0 spiro atoms. The van der Waals surface area contributed by atoms with Crippen molar-refractivity contribution in [2.75, 3.05) is 7.05 Å². The van der Waals surface area contributed by atoms with Crippen LogP contribution in [0, 0.1) is 21.7 Å². The molecule has 2 aliphatic rings. The molecule has 2 aliphatic carbocycles. The van der Waals surface area contributed by atoms with Crippen molar-refractivity contribution >= 4 is 0 Å². The van der Waals surface area contributed by atoms with Crippen LogP contribution >= 0.6 is 0 Å². The van der Waals surface area contributed by atoms with E-state index in [9.17, 15) is 0 Å². The average molecular weight is 308 g/mol. The van der Waals surface area contributed by atoms with Gasteiger partial charge >= 0.3 is 0 Å². The minimum Gasteiger partial charge on any atom is -0.300 e. The minimum atomic E-state index is 0.486. The van der Waals surface area contributed by atoms with Crippen LogP contribution in [0.4, 0.5) is 0 Å². The Kier molecular flexibility index (Phi) is 4.58. The second kappa shape index (κ2) is 5.50. The summed E-state index contributed by atoms with van der Waals surface area (Å²) in [5.74, 6) is 0. The first kappa shape index (κ1) is 18.3. The van der Waals surface area contributed by atoms with Crippen LogP contribution in [0.1, 0.15) is 93.9 Å². The van der Waals surface area contributed by atoms with Crippen LogP contribution in [-0.2, 0) is 0 Å². The lowest BCUT2D eigenvalue weighted by atomic mass is 9.61. The maximum Gasteiger partial charge on any atom is 0.0105 e. The molecule has 0 N–H and O–H groups in total. The van der Waals surface area contributed by atoms with Crippen molar-refractivity contribution in [3.63, 3.8) is 0 Å². The molecule has 0 unspecified atom stereocenters. The highest BCUT2D eigenvalue weighted by atomic mass is 15.2. The van der Waals surface area contributed by atoms with Crippen molar-refractivity contribution in [1.82, 2.24) is 4.90 Å². The van der Waals surface area contributed by atoms with Gasteiger partial charge in [0.2, 0.25) is 0 Å². The van der Waals surface area contributed by atoms with Crippen molar-refractivity contribution in [3.05, 3.63) is 0 Å². The van der Waals surface area contributed by atoms with Gasteiger partial charge in [-0.2, -0.15) is 0 Å². The third kappa shape index (κ3) is 4.49. The second-order valence-electron chi connectivity index (χ2n) is 11.8. The van der Waals surface area contributed by atoms with E-state index in [1.165, 1.54) is 38.5 Å². The molecule has 0 saturated heterocycles. The van der Waals surface area contributed by atoms with Gasteiger partial charge in [0, 0.05) is 12.1 Å². The first-order valence-electron chi connectivity index (χ1n) is 9.43. The van der Waals surface area contributed by atoms with Gasteiger partial charge in [-0.15, -0.1) is 0 Å². The van der Waals surface area contributed by atoms with Crippen LogP contribution in [0.5, 0.6) is 0 Å². The van der Waals surface area contributed by atoms with Crippen molar-refractivity contribution in [2.24, 2.45) is 21.7 Å². The summed E-state index contributed by atoms with van der Waals surface area (Å²) in [5, 5.41) is 0. The van der Waals surface area contributed by atoms with E-state index in [-0.39, 0.29) is 0 Å². The zero-order chi connectivity index (χ0) is 17.0. The van der Waals surface area contributed by atoms with E-state index in [0.717, 1.165) is 12.1 Å². The Hall–Kier alpha value is -0.0400. The Morgan fingerprint density at radius 2 is 0.773 bits per heavy atom. The molecule has 2 rings (SSSR count). The predicted octanol–water partition coefficient (Wildman–Crippen LogP) is 6.13. The molecule has 0 atom stereocenters. The Labute approximate surface area is 140 Å². The molecule has 0 bridgehead atoms. The SMILES string of the molecule is CN(C1CC(C)(C)CC(C)(C)C1)C1CC(C)(C)CC(C)(C)C1. The summed E-state index contributed by atoms with van der Waals surface area (Å²) in [7, 11) is 2.42. The summed E-state index contributed by atoms with van der Waals surface area (Å²) in [5.41, 5.74) is 1.95. The molecule has 0 aromatic rings. The lowest BCUT2D eigenvalue weighted by Crippen LogP contribution is -2.52. The average Bonchev–Trinajstić information content (AvgIpc) is 2.18. The van der Waals surface area contributed by atoms with Gasteiger partial charge in [0.15, 0.2) is 0 Å². The monoisotopic (exact) mass is 307 g/mol. The quantitative estimate of drug-likeness (QED) is 0.593. The van der Waals surface area contributed by atoms with E-state index in [4.69, 9.17) is 0 Å². The third-order valence-electron chi connectivity index (χ3n) is 6.22. The first-order chi connectivity index (χ1) is 9.71. The highest BCUT2D eigenvalue weighted by Crippen LogP contribution is 2.51. The van der Waals surface area contributed by atoms with Gasteiger partial charge in [0.05, 0.1) is 0 Å². The maximum absolute atomic E-state index is 2.78. The minimum absolute atomic E-state index is 0.486. The first-order valence-corrected chi connectivity index (χ1v) is 9.43. The molecule has 0 aliphatic heterocycles. The molecule has 0 heterocycles. The van der Waals surface area contributed by atoms with E-state index in [0.29, 0.717) is 21.7 Å². The molecular formula is C21H41N. The van der Waals surface area contributed by atoms with E-state index >= 15 is 0 Å². The zero-order valence-electron chi connectivity index (χ0n) is 16.8. The van der Waals surface area contributed by atoms with Gasteiger partial charge in [-0.1, -0.05) is 55.4 Å². The summed E-state index contributed by atoms with van der Waals surface area (Å²) >= 11 is 0. The lowest BCUT2D eigenvalue weighted by molar-refractivity contribution is -0.0262. The van der Waals surface area contributed by atoms with Crippen molar-refractivity contribution in [3.8, 4) is 0 Å². The van der Waals surface area contributed by atoms with Gasteiger partial charge in [-0.25, -0.2) is 0 Å². The second-order valence-corrected chi connectivity index (χ2v) is 11.8. The number of nitrogens with zero attached hydrogens (tertiary/aromatic N) is 1. The number of rotatable bonds is 2. The summed E-state index contributed by atoms with van der Waals surface area (Å²) in [6.07, 6.45) is 8.20. The third-order valence-corrected chi connectivity index (χ3v) is 6.22. The van der Waals surface area contributed by atoms with Crippen molar-refractivity contribution in [1.29, 1.82) is 0 Å². The molecule has 22 heavy (non-hydrogen) atoms. The smallest absolute Gasteiger partial charge is 0.0105 e. The topological polar surface area (TPSA) is 3.24 Å². The van der Waals surface area contributed by atoms with Gasteiger partial charge < -0.3 is 4.90 Å². The van der Waals surface area contributed by atoms with Crippen LogP contribution in [0.3, 0.4) is 0 Å². The fraction of sp³-hybridized carbons (Fsp3) is 1.00. The van der Waals surface area contributed by atoms with Crippen LogP contribution in [0.15, 0.2) is 0 Å². The fourth-order valence-electron chi connectivity index (χ4n) is 6.45. The Morgan fingerprint density at radius 3 is 1.00 bits per heavy atom. The van der Waals surface area contributed by atoms with Gasteiger partial charge in [-0.05, 0) is 67.2 Å². The Balaban J connectivity index is 2.15. The Morgan fingerprint density at radius 1 is 0.545 bits per heavy atom. The van der Waals surface area contributed by atoms with E-state index in [1.807, 2.05) is 0 Å². The van der Waals surface area contributed by atoms with Gasteiger partial charge in [-0.3, -0.25) is 0 Å². The number of hydrogen-bond donors (Lipinski definition) is 0. The molecular weight excluding hydrogens is 266 g/mol. The van der Waals surface area contributed by atoms with Crippen LogP contribution < -0.4 is 0 Å². The molecule has 130 valence electrons. The molecule has 1 nitrogen and oxygen atoms in total. The molecule has 2 saturated carbocycles.